The summed E-state index contributed by atoms with van der Waals surface area (Å²) in [6.07, 6.45) is 2.00. The van der Waals surface area contributed by atoms with Crippen LogP contribution < -0.4 is 0 Å². The summed E-state index contributed by atoms with van der Waals surface area (Å²) < 4.78 is 0. The van der Waals surface area contributed by atoms with E-state index in [1.807, 2.05) is 36.9 Å². The molecule has 1 fully saturated rings. The number of rotatable bonds is 2. The van der Waals surface area contributed by atoms with E-state index in [9.17, 15) is 4.79 Å². The van der Waals surface area contributed by atoms with Gasteiger partial charge in [0.2, 0.25) is 5.91 Å². The number of para-hydroxylation sites is 2. The molecule has 4 heteroatoms. The van der Waals surface area contributed by atoms with Gasteiger partial charge in [-0.1, -0.05) is 26.0 Å². The quantitative estimate of drug-likeness (QED) is 0.913. The molecule has 1 N–H and O–H groups in total. The van der Waals surface area contributed by atoms with Crippen molar-refractivity contribution in [1.82, 2.24) is 14.9 Å². The third-order valence-corrected chi connectivity index (χ3v) is 4.09. The number of likely N-dealkylation sites (tertiary alicyclic amines) is 1. The standard InChI is InChI=1S/C16H21N3O/c1-11(2)16(20)19-9-7-12(8-10-19)15-17-13-5-3-4-6-14(13)18-15/h3-6,11-12H,7-10H2,1-2H3,(H,17,18). The van der Waals surface area contributed by atoms with Crippen molar-refractivity contribution in [2.45, 2.75) is 32.6 Å². The van der Waals surface area contributed by atoms with Crippen LogP contribution in [0, 0.1) is 5.92 Å². The van der Waals surface area contributed by atoms with Crippen LogP contribution in [0.15, 0.2) is 24.3 Å². The molecule has 0 aliphatic carbocycles. The average Bonchev–Trinajstić information content (AvgIpc) is 2.90. The van der Waals surface area contributed by atoms with Gasteiger partial charge in [-0.15, -0.1) is 0 Å². The van der Waals surface area contributed by atoms with Crippen molar-refractivity contribution in [2.24, 2.45) is 5.92 Å². The second kappa shape index (κ2) is 5.27. The molecule has 1 aromatic carbocycles. The van der Waals surface area contributed by atoms with E-state index in [1.165, 1.54) is 0 Å². The number of hydrogen-bond donors (Lipinski definition) is 1. The van der Waals surface area contributed by atoms with Crippen LogP contribution in [0.4, 0.5) is 0 Å². The molecule has 1 amide bonds. The second-order valence-corrected chi connectivity index (χ2v) is 5.89. The number of aromatic amines is 1. The maximum Gasteiger partial charge on any atom is 0.225 e. The lowest BCUT2D eigenvalue weighted by atomic mass is 9.95. The number of H-pyrrole nitrogens is 1. The van der Waals surface area contributed by atoms with E-state index >= 15 is 0 Å². The first kappa shape index (κ1) is 13.2. The molecular formula is C16H21N3O. The highest BCUT2D eigenvalue weighted by atomic mass is 16.2. The number of benzene rings is 1. The zero-order chi connectivity index (χ0) is 14.1. The molecule has 2 heterocycles. The number of aromatic nitrogens is 2. The van der Waals surface area contributed by atoms with Gasteiger partial charge in [-0.2, -0.15) is 0 Å². The summed E-state index contributed by atoms with van der Waals surface area (Å²) >= 11 is 0. The number of nitrogens with one attached hydrogen (secondary N) is 1. The highest BCUT2D eigenvalue weighted by molar-refractivity contribution is 5.78. The number of nitrogens with zero attached hydrogens (tertiary/aromatic N) is 2. The van der Waals surface area contributed by atoms with Gasteiger partial charge in [0, 0.05) is 24.9 Å². The first-order valence-electron chi connectivity index (χ1n) is 7.38. The first-order chi connectivity index (χ1) is 9.65. The summed E-state index contributed by atoms with van der Waals surface area (Å²) in [5, 5.41) is 0. The van der Waals surface area contributed by atoms with Gasteiger partial charge in [-0.05, 0) is 25.0 Å². The Labute approximate surface area is 119 Å². The summed E-state index contributed by atoms with van der Waals surface area (Å²) in [5.74, 6) is 1.88. The fraction of sp³-hybridized carbons (Fsp3) is 0.500. The molecule has 1 aliphatic rings. The lowest BCUT2D eigenvalue weighted by Gasteiger charge is -2.32. The number of carbonyl (C=O) groups excluding carboxylic acids is 1. The predicted octanol–water partition coefficient (Wildman–Crippen LogP) is 2.92. The molecule has 2 aromatic rings. The highest BCUT2D eigenvalue weighted by Crippen LogP contribution is 2.28. The molecule has 0 unspecified atom stereocenters. The lowest BCUT2D eigenvalue weighted by Crippen LogP contribution is -2.40. The molecule has 1 aromatic heterocycles. The largest absolute Gasteiger partial charge is 0.342 e. The maximum atomic E-state index is 12.0. The number of imidazole rings is 1. The van der Waals surface area contributed by atoms with Crippen molar-refractivity contribution in [2.75, 3.05) is 13.1 Å². The summed E-state index contributed by atoms with van der Waals surface area (Å²) in [4.78, 5) is 22.1. The van der Waals surface area contributed by atoms with Crippen molar-refractivity contribution in [1.29, 1.82) is 0 Å². The molecule has 0 radical (unpaired) electrons. The normalized spacial score (nSPS) is 17.1. The molecule has 3 rings (SSSR count). The predicted molar refractivity (Wildman–Crippen MR) is 79.5 cm³/mol. The van der Waals surface area contributed by atoms with E-state index in [1.54, 1.807) is 0 Å². The van der Waals surface area contributed by atoms with Gasteiger partial charge in [0.05, 0.1) is 11.0 Å². The highest BCUT2D eigenvalue weighted by Gasteiger charge is 2.26. The van der Waals surface area contributed by atoms with Crippen LogP contribution in [0.3, 0.4) is 0 Å². The van der Waals surface area contributed by atoms with E-state index in [0.29, 0.717) is 5.92 Å². The fourth-order valence-electron chi connectivity index (χ4n) is 2.90. The van der Waals surface area contributed by atoms with E-state index in [4.69, 9.17) is 0 Å². The van der Waals surface area contributed by atoms with Crippen LogP contribution in [0.25, 0.3) is 11.0 Å². The summed E-state index contributed by atoms with van der Waals surface area (Å²) in [6, 6.07) is 8.13. The van der Waals surface area contributed by atoms with E-state index in [0.717, 1.165) is 42.8 Å². The number of piperidine rings is 1. The molecule has 0 bridgehead atoms. The minimum Gasteiger partial charge on any atom is -0.342 e. The maximum absolute atomic E-state index is 12.0. The Morgan fingerprint density at radius 1 is 1.30 bits per heavy atom. The average molecular weight is 271 g/mol. The number of amides is 1. The van der Waals surface area contributed by atoms with Crippen LogP contribution >= 0.6 is 0 Å². The van der Waals surface area contributed by atoms with Gasteiger partial charge in [0.15, 0.2) is 0 Å². The minimum absolute atomic E-state index is 0.0951. The van der Waals surface area contributed by atoms with Crippen molar-refractivity contribution in [3.63, 3.8) is 0 Å². The smallest absolute Gasteiger partial charge is 0.225 e. The van der Waals surface area contributed by atoms with Crippen molar-refractivity contribution in [3.05, 3.63) is 30.1 Å². The number of fused-ring (bicyclic) bond motifs is 1. The molecule has 4 nitrogen and oxygen atoms in total. The Morgan fingerprint density at radius 3 is 2.65 bits per heavy atom. The van der Waals surface area contributed by atoms with Crippen molar-refractivity contribution in [3.8, 4) is 0 Å². The van der Waals surface area contributed by atoms with Gasteiger partial charge < -0.3 is 9.88 Å². The van der Waals surface area contributed by atoms with Crippen LogP contribution in [0.1, 0.15) is 38.4 Å². The molecular weight excluding hydrogens is 250 g/mol. The molecule has 20 heavy (non-hydrogen) atoms. The minimum atomic E-state index is 0.0951. The SMILES string of the molecule is CC(C)C(=O)N1CCC(c2nc3ccccc3[nH]2)CC1. The first-order valence-corrected chi connectivity index (χ1v) is 7.38. The van der Waals surface area contributed by atoms with Crippen molar-refractivity contribution >= 4 is 16.9 Å². The topological polar surface area (TPSA) is 49.0 Å². The Kier molecular flexibility index (Phi) is 3.47. The van der Waals surface area contributed by atoms with Gasteiger partial charge in [-0.25, -0.2) is 4.98 Å². The van der Waals surface area contributed by atoms with Crippen LogP contribution in [0.2, 0.25) is 0 Å². The molecule has 1 aliphatic heterocycles. The van der Waals surface area contributed by atoms with Gasteiger partial charge in [-0.3, -0.25) is 4.79 Å². The van der Waals surface area contributed by atoms with Crippen LogP contribution in [-0.4, -0.2) is 33.9 Å². The van der Waals surface area contributed by atoms with Crippen LogP contribution in [-0.2, 0) is 4.79 Å². The third kappa shape index (κ3) is 2.42. The Bertz CT molecular complexity index is 576. The van der Waals surface area contributed by atoms with Crippen molar-refractivity contribution < 1.29 is 4.79 Å². The third-order valence-electron chi connectivity index (χ3n) is 4.09. The molecule has 106 valence electrons. The Hall–Kier alpha value is -1.84. The van der Waals surface area contributed by atoms with Crippen LogP contribution in [0.5, 0.6) is 0 Å². The van der Waals surface area contributed by atoms with Gasteiger partial charge >= 0.3 is 0 Å². The van der Waals surface area contributed by atoms with E-state index in [2.05, 4.69) is 16.0 Å². The van der Waals surface area contributed by atoms with E-state index < -0.39 is 0 Å². The zero-order valence-corrected chi connectivity index (χ0v) is 12.1. The lowest BCUT2D eigenvalue weighted by molar-refractivity contribution is -0.135. The van der Waals surface area contributed by atoms with Gasteiger partial charge in [0.25, 0.3) is 0 Å². The van der Waals surface area contributed by atoms with Gasteiger partial charge in [0.1, 0.15) is 5.82 Å². The zero-order valence-electron chi connectivity index (χ0n) is 12.1. The summed E-state index contributed by atoms with van der Waals surface area (Å²) in [6.45, 7) is 5.62. The Balaban J connectivity index is 1.70. The van der Waals surface area contributed by atoms with E-state index in [-0.39, 0.29) is 11.8 Å². The monoisotopic (exact) mass is 271 g/mol. The number of hydrogen-bond acceptors (Lipinski definition) is 2. The summed E-state index contributed by atoms with van der Waals surface area (Å²) in [5.41, 5.74) is 2.13. The number of carbonyl (C=O) groups is 1. The fourth-order valence-corrected chi connectivity index (χ4v) is 2.90. The molecule has 1 saturated heterocycles. The molecule has 0 saturated carbocycles. The molecule has 0 spiro atoms. The second-order valence-electron chi connectivity index (χ2n) is 5.89. The summed E-state index contributed by atoms with van der Waals surface area (Å²) in [7, 11) is 0. The molecule has 0 atom stereocenters. The Morgan fingerprint density at radius 2 is 2.00 bits per heavy atom.